The van der Waals surface area contributed by atoms with E-state index in [1.54, 1.807) is 27.1 Å². The van der Waals surface area contributed by atoms with Gasteiger partial charge in [-0.25, -0.2) is 13.4 Å². The molecule has 0 aliphatic heterocycles. The fourth-order valence-corrected chi connectivity index (χ4v) is 6.91. The highest BCUT2D eigenvalue weighted by molar-refractivity contribution is 7.92. The fourth-order valence-electron chi connectivity index (χ4n) is 5.67. The summed E-state index contributed by atoms with van der Waals surface area (Å²) in [5.74, 6) is 1.89. The molecule has 0 unspecified atom stereocenters. The van der Waals surface area contributed by atoms with Gasteiger partial charge in [0.05, 0.1) is 28.9 Å². The van der Waals surface area contributed by atoms with Crippen LogP contribution in [0.3, 0.4) is 0 Å². The van der Waals surface area contributed by atoms with E-state index in [0.29, 0.717) is 29.6 Å². The first-order valence-electron chi connectivity index (χ1n) is 15.2. The van der Waals surface area contributed by atoms with Crippen LogP contribution in [0.5, 0.6) is 5.75 Å². The van der Waals surface area contributed by atoms with Crippen LogP contribution in [0.25, 0.3) is 0 Å². The molecule has 3 aromatic rings. The minimum absolute atomic E-state index is 0.0506. The molecule has 2 N–H and O–H groups in total. The maximum absolute atomic E-state index is 12.9. The molecular weight excluding hydrogens is 586 g/mol. The van der Waals surface area contributed by atoms with E-state index >= 15 is 0 Å². The molecule has 10 nitrogen and oxygen atoms in total. The second-order valence-electron chi connectivity index (χ2n) is 12.5. The Hall–Kier alpha value is -2.89. The summed E-state index contributed by atoms with van der Waals surface area (Å²) in [7, 11) is 0.276. The highest BCUT2D eigenvalue weighted by Gasteiger charge is 2.30. The summed E-state index contributed by atoms with van der Waals surface area (Å²) in [5, 5.41) is 10.2. The predicted octanol–water partition coefficient (Wildman–Crippen LogP) is 6.75. The van der Waals surface area contributed by atoms with E-state index in [4.69, 9.17) is 16.3 Å². The van der Waals surface area contributed by atoms with E-state index in [1.807, 2.05) is 0 Å². The third-order valence-corrected chi connectivity index (χ3v) is 11.0. The normalized spacial score (nSPS) is 19.3. The number of hydrogen-bond donors (Lipinski definition) is 2. The summed E-state index contributed by atoms with van der Waals surface area (Å²) in [6, 6.07) is 5.52. The largest absolute Gasteiger partial charge is 0.488 e. The van der Waals surface area contributed by atoms with Gasteiger partial charge >= 0.3 is 0 Å². The molecule has 0 spiro atoms. The number of aryl methyl sites for hydroxylation is 2. The Morgan fingerprint density at radius 1 is 1.05 bits per heavy atom. The molecule has 0 atom stereocenters. The molecule has 2 saturated carbocycles. The first kappa shape index (κ1) is 31.5. The fraction of sp³-hybridized carbons (Fsp3) is 0.581. The Morgan fingerprint density at radius 2 is 1.74 bits per heavy atom. The number of aromatic nitrogens is 4. The summed E-state index contributed by atoms with van der Waals surface area (Å²) in [5.41, 5.74) is 3.65. The molecule has 2 aromatic heterocycles. The molecule has 0 radical (unpaired) electrons. The lowest BCUT2D eigenvalue weighted by atomic mass is 9.79. The lowest BCUT2D eigenvalue weighted by Crippen LogP contribution is -2.39. The van der Waals surface area contributed by atoms with Crippen molar-refractivity contribution in [1.29, 1.82) is 0 Å². The number of halogens is 1. The third kappa shape index (κ3) is 7.10. The van der Waals surface area contributed by atoms with Gasteiger partial charge in [0.1, 0.15) is 10.8 Å². The number of hydrogen-bond acceptors (Lipinski definition) is 9. The molecule has 2 heterocycles. The second-order valence-corrected chi connectivity index (χ2v) is 15.4. The molecule has 0 amide bonds. The number of nitrogens with one attached hydrogen (secondary N) is 2. The van der Waals surface area contributed by atoms with E-state index in [-0.39, 0.29) is 22.0 Å². The van der Waals surface area contributed by atoms with Crippen LogP contribution in [-0.2, 0) is 16.9 Å². The molecule has 2 fully saturated rings. The van der Waals surface area contributed by atoms with Gasteiger partial charge in [0.2, 0.25) is 20.8 Å². The zero-order chi connectivity index (χ0) is 31.1. The Morgan fingerprint density at radius 3 is 2.37 bits per heavy atom. The van der Waals surface area contributed by atoms with Crippen LogP contribution in [0.4, 0.5) is 23.1 Å². The SMILES string of the molecule is Cc1cc(Nc2ncc(Cl)c(Nc3cn(C)nc3S(=O)(=O)C(C)C)n2)c(OC2CC2)cc1[C@H]1CC[C@@H](N(C)C(C)C)CC1. The number of anilines is 4. The first-order valence-corrected chi connectivity index (χ1v) is 17.1. The Bertz CT molecular complexity index is 1560. The van der Waals surface area contributed by atoms with Gasteiger partial charge in [-0.2, -0.15) is 10.1 Å². The lowest BCUT2D eigenvalue weighted by molar-refractivity contribution is 0.148. The van der Waals surface area contributed by atoms with Crippen LogP contribution in [0.15, 0.2) is 29.6 Å². The Kier molecular flexibility index (Phi) is 9.25. The molecular formula is C31H44ClN7O3S. The van der Waals surface area contributed by atoms with Crippen molar-refractivity contribution >= 4 is 44.6 Å². The second kappa shape index (κ2) is 12.6. The van der Waals surface area contributed by atoms with Crippen molar-refractivity contribution in [3.63, 3.8) is 0 Å². The molecule has 2 aliphatic rings. The minimum atomic E-state index is -3.63. The van der Waals surface area contributed by atoms with Gasteiger partial charge in [-0.1, -0.05) is 11.6 Å². The predicted molar refractivity (Wildman–Crippen MR) is 172 cm³/mol. The minimum Gasteiger partial charge on any atom is -0.488 e. The van der Waals surface area contributed by atoms with Crippen molar-refractivity contribution in [2.24, 2.45) is 7.05 Å². The molecule has 5 rings (SSSR count). The Balaban J connectivity index is 1.39. The molecule has 0 saturated heterocycles. The maximum Gasteiger partial charge on any atom is 0.229 e. The summed E-state index contributed by atoms with van der Waals surface area (Å²) in [6.07, 6.45) is 10.1. The number of sulfone groups is 1. The van der Waals surface area contributed by atoms with Crippen molar-refractivity contribution in [2.45, 2.75) is 108 Å². The van der Waals surface area contributed by atoms with Crippen LogP contribution in [0.2, 0.25) is 5.02 Å². The van der Waals surface area contributed by atoms with Crippen LogP contribution >= 0.6 is 11.6 Å². The van der Waals surface area contributed by atoms with Crippen LogP contribution < -0.4 is 15.4 Å². The maximum atomic E-state index is 12.9. The zero-order valence-electron chi connectivity index (χ0n) is 26.2. The third-order valence-electron chi connectivity index (χ3n) is 8.64. The number of benzene rings is 1. The molecule has 0 bridgehead atoms. The molecule has 2 aliphatic carbocycles. The number of ether oxygens (including phenoxy) is 1. The van der Waals surface area contributed by atoms with E-state index in [1.165, 1.54) is 34.8 Å². The van der Waals surface area contributed by atoms with Gasteiger partial charge in [0, 0.05) is 25.3 Å². The van der Waals surface area contributed by atoms with Gasteiger partial charge in [-0.3, -0.25) is 4.68 Å². The van der Waals surface area contributed by atoms with E-state index in [9.17, 15) is 8.42 Å². The topological polar surface area (TPSA) is 114 Å². The molecule has 1 aromatic carbocycles. The number of nitrogens with zero attached hydrogens (tertiary/aromatic N) is 5. The van der Waals surface area contributed by atoms with Crippen LogP contribution in [0.1, 0.15) is 83.3 Å². The van der Waals surface area contributed by atoms with Crippen LogP contribution in [-0.4, -0.2) is 63.6 Å². The van der Waals surface area contributed by atoms with Gasteiger partial charge in [0.25, 0.3) is 0 Å². The average Bonchev–Trinajstić information content (AvgIpc) is 3.70. The lowest BCUT2D eigenvalue weighted by Gasteiger charge is -2.37. The highest BCUT2D eigenvalue weighted by atomic mass is 35.5. The monoisotopic (exact) mass is 629 g/mol. The van der Waals surface area contributed by atoms with Crippen molar-refractivity contribution in [3.05, 3.63) is 40.7 Å². The Labute approximate surface area is 260 Å². The van der Waals surface area contributed by atoms with E-state index in [0.717, 1.165) is 37.1 Å². The highest BCUT2D eigenvalue weighted by Crippen LogP contribution is 2.42. The van der Waals surface area contributed by atoms with E-state index in [2.05, 4.69) is 70.6 Å². The van der Waals surface area contributed by atoms with Crippen molar-refractivity contribution < 1.29 is 13.2 Å². The molecule has 12 heteroatoms. The first-order chi connectivity index (χ1) is 20.3. The van der Waals surface area contributed by atoms with Crippen molar-refractivity contribution in [3.8, 4) is 5.75 Å². The quantitative estimate of drug-likeness (QED) is 0.238. The van der Waals surface area contributed by atoms with Gasteiger partial charge in [-0.05, 0) is 109 Å². The smallest absolute Gasteiger partial charge is 0.229 e. The standard InChI is InChI=1S/C31H44ClN7O3S/c1-18(2)39(7)22-10-8-21(9-11-22)24-15-28(42-23-12-13-23)26(14-20(24)5)35-31-33-16-25(32)29(36-31)34-27-17-38(6)37-30(27)43(40,41)19(3)4/h14-19,21-23H,8-13H2,1-7H3,(H2,33,34,35,36)/t21-,22+. The van der Waals surface area contributed by atoms with Gasteiger partial charge in [-0.15, -0.1) is 0 Å². The summed E-state index contributed by atoms with van der Waals surface area (Å²) < 4.78 is 33.7. The van der Waals surface area contributed by atoms with Crippen LogP contribution in [0, 0.1) is 6.92 Å². The summed E-state index contributed by atoms with van der Waals surface area (Å²) in [6.45, 7) is 9.93. The molecule has 234 valence electrons. The van der Waals surface area contributed by atoms with E-state index < -0.39 is 15.1 Å². The van der Waals surface area contributed by atoms with Crippen molar-refractivity contribution in [1.82, 2.24) is 24.6 Å². The average molecular weight is 630 g/mol. The summed E-state index contributed by atoms with van der Waals surface area (Å²) >= 11 is 6.45. The molecule has 43 heavy (non-hydrogen) atoms. The number of rotatable bonds is 11. The zero-order valence-corrected chi connectivity index (χ0v) is 27.8. The summed E-state index contributed by atoms with van der Waals surface area (Å²) in [4.78, 5) is 11.5. The van der Waals surface area contributed by atoms with Gasteiger partial charge in [0.15, 0.2) is 5.82 Å². The van der Waals surface area contributed by atoms with Gasteiger partial charge < -0.3 is 20.3 Å². The van der Waals surface area contributed by atoms with Crippen molar-refractivity contribution in [2.75, 3.05) is 17.7 Å².